The van der Waals surface area contributed by atoms with Crippen molar-refractivity contribution in [2.45, 2.75) is 24.3 Å². The fraction of sp³-hybridized carbons (Fsp3) is 0.143. The lowest BCUT2D eigenvalue weighted by Gasteiger charge is -2.30. The molecule has 6 rings (SSSR count). The Hall–Kier alpha value is -4.02. The highest BCUT2D eigenvalue weighted by atomic mass is 32.2. The minimum Gasteiger partial charge on any atom is -0.467 e. The van der Waals surface area contributed by atoms with Gasteiger partial charge >= 0.3 is 0 Å². The van der Waals surface area contributed by atoms with Gasteiger partial charge in [0.15, 0.2) is 5.13 Å². The fourth-order valence-electron chi connectivity index (χ4n) is 4.60. The lowest BCUT2D eigenvalue weighted by Crippen LogP contribution is -2.35. The average molecular weight is 548 g/mol. The molecule has 0 bridgehead atoms. The molecule has 0 radical (unpaired) electrons. The molecule has 0 unspecified atom stereocenters. The Morgan fingerprint density at radius 3 is 2.61 bits per heavy atom. The highest BCUT2D eigenvalue weighted by Gasteiger charge is 2.30. The van der Waals surface area contributed by atoms with Crippen LogP contribution in [0.15, 0.2) is 94.4 Å². The van der Waals surface area contributed by atoms with Crippen molar-refractivity contribution in [3.63, 3.8) is 0 Å². The number of carbonyl (C=O) groups is 1. The van der Waals surface area contributed by atoms with Crippen molar-refractivity contribution in [3.8, 4) is 0 Å². The van der Waals surface area contributed by atoms with Gasteiger partial charge in [-0.2, -0.15) is 0 Å². The van der Waals surface area contributed by atoms with Crippen LogP contribution in [0.1, 0.15) is 28.1 Å². The first kappa shape index (κ1) is 24.3. The number of rotatable bonds is 6. The molecule has 0 fully saturated rings. The number of thiazole rings is 1. The summed E-state index contributed by atoms with van der Waals surface area (Å²) in [7, 11) is -3.81. The molecule has 3 aromatic carbocycles. The number of hydrogen-bond acceptors (Lipinski definition) is 6. The van der Waals surface area contributed by atoms with Gasteiger partial charge in [-0.1, -0.05) is 35.6 Å². The molecule has 0 saturated heterocycles. The summed E-state index contributed by atoms with van der Waals surface area (Å²) in [5.41, 5.74) is 2.14. The summed E-state index contributed by atoms with van der Waals surface area (Å²) in [5, 5.41) is 0.313. The molecule has 0 aliphatic carbocycles. The van der Waals surface area contributed by atoms with E-state index in [4.69, 9.17) is 4.42 Å². The first-order valence-electron chi connectivity index (χ1n) is 12.0. The van der Waals surface area contributed by atoms with E-state index in [2.05, 4.69) is 4.98 Å². The number of benzene rings is 3. The summed E-state index contributed by atoms with van der Waals surface area (Å²) in [6, 6.07) is 21.5. The number of aryl methyl sites for hydroxylation is 1. The SMILES string of the molecule is O=C(c1ccc(S(=O)(=O)N2CCCc3ccccc32)cc1)N(Cc1ccco1)c1nc2c(F)cccc2s1. The van der Waals surface area contributed by atoms with Crippen molar-refractivity contribution in [1.29, 1.82) is 0 Å². The average Bonchev–Trinajstić information content (AvgIpc) is 3.62. The number of nitrogens with zero attached hydrogens (tertiary/aromatic N) is 3. The molecule has 1 amide bonds. The summed E-state index contributed by atoms with van der Waals surface area (Å²) < 4.78 is 48.8. The number of para-hydroxylation sites is 2. The predicted octanol–water partition coefficient (Wildman–Crippen LogP) is 6.02. The van der Waals surface area contributed by atoms with Crippen LogP contribution >= 0.6 is 11.3 Å². The van der Waals surface area contributed by atoms with Crippen molar-refractivity contribution in [1.82, 2.24) is 4.98 Å². The normalized spacial score (nSPS) is 13.4. The topological polar surface area (TPSA) is 83.7 Å². The predicted molar refractivity (Wildman–Crippen MR) is 145 cm³/mol. The van der Waals surface area contributed by atoms with Crippen LogP contribution in [0.25, 0.3) is 10.2 Å². The van der Waals surface area contributed by atoms with Crippen molar-refractivity contribution in [2.75, 3.05) is 15.7 Å². The number of anilines is 2. The van der Waals surface area contributed by atoms with Gasteiger partial charge in [-0.15, -0.1) is 0 Å². The Bertz CT molecular complexity index is 1730. The molecule has 0 atom stereocenters. The van der Waals surface area contributed by atoms with Gasteiger partial charge in [-0.3, -0.25) is 14.0 Å². The maximum absolute atomic E-state index is 14.3. The standard InChI is InChI=1S/C28H22FN3O4S2/c29-23-9-3-11-25-26(23)30-28(37-25)31(18-21-8-5-17-36-21)27(33)20-12-14-22(15-13-20)38(34,35)32-16-4-7-19-6-1-2-10-24(19)32/h1-3,5-6,8-15,17H,4,7,16,18H2. The highest BCUT2D eigenvalue weighted by molar-refractivity contribution is 7.92. The summed E-state index contributed by atoms with van der Waals surface area (Å²) in [5.74, 6) is -0.349. The Balaban J connectivity index is 1.33. The van der Waals surface area contributed by atoms with Crippen LogP contribution < -0.4 is 9.21 Å². The van der Waals surface area contributed by atoms with E-state index in [1.165, 1.54) is 57.1 Å². The second kappa shape index (κ2) is 9.70. The zero-order valence-electron chi connectivity index (χ0n) is 20.1. The van der Waals surface area contributed by atoms with Crippen molar-refractivity contribution >= 4 is 48.3 Å². The third-order valence-corrected chi connectivity index (χ3v) is 9.36. The molecule has 5 aromatic rings. The summed E-state index contributed by atoms with van der Waals surface area (Å²) in [6.45, 7) is 0.475. The van der Waals surface area contributed by atoms with Crippen molar-refractivity contribution in [2.24, 2.45) is 0 Å². The largest absolute Gasteiger partial charge is 0.467 e. The van der Waals surface area contributed by atoms with Crippen LogP contribution in [0.4, 0.5) is 15.2 Å². The number of carbonyl (C=O) groups excluding carboxylic acids is 1. The second-order valence-corrected chi connectivity index (χ2v) is 11.8. The minimum atomic E-state index is -3.81. The molecule has 0 saturated carbocycles. The van der Waals surface area contributed by atoms with Crippen molar-refractivity contribution < 1.29 is 22.0 Å². The van der Waals surface area contributed by atoms with E-state index in [1.54, 1.807) is 24.3 Å². The van der Waals surface area contributed by atoms with Crippen molar-refractivity contribution in [3.05, 3.63) is 108 Å². The minimum absolute atomic E-state index is 0.0812. The van der Waals surface area contributed by atoms with Crippen LogP contribution in [-0.4, -0.2) is 25.9 Å². The summed E-state index contributed by atoms with van der Waals surface area (Å²) >= 11 is 1.19. The first-order valence-corrected chi connectivity index (χ1v) is 14.3. The molecule has 0 spiro atoms. The van der Waals surface area contributed by atoms with E-state index in [9.17, 15) is 17.6 Å². The van der Waals surface area contributed by atoms with Crippen LogP contribution in [-0.2, 0) is 23.0 Å². The monoisotopic (exact) mass is 547 g/mol. The van der Waals surface area contributed by atoms with Crippen LogP contribution in [0.2, 0.25) is 0 Å². The van der Waals surface area contributed by atoms with Gasteiger partial charge in [0.05, 0.1) is 28.1 Å². The van der Waals surface area contributed by atoms with E-state index in [1.807, 2.05) is 24.3 Å². The first-order chi connectivity index (χ1) is 18.4. The molecule has 192 valence electrons. The zero-order chi connectivity index (χ0) is 26.3. The number of fused-ring (bicyclic) bond motifs is 2. The fourth-order valence-corrected chi connectivity index (χ4v) is 7.12. The molecule has 0 N–H and O–H groups in total. The molecule has 1 aliphatic rings. The van der Waals surface area contributed by atoms with E-state index in [0.29, 0.717) is 27.8 Å². The Kier molecular flexibility index (Phi) is 6.21. The molecular formula is C28H22FN3O4S2. The number of amides is 1. The lowest BCUT2D eigenvalue weighted by molar-refractivity contribution is 0.0983. The lowest BCUT2D eigenvalue weighted by atomic mass is 10.0. The number of sulfonamides is 1. The zero-order valence-corrected chi connectivity index (χ0v) is 21.7. The van der Waals surface area contributed by atoms with Gasteiger partial charge in [0, 0.05) is 12.1 Å². The van der Waals surface area contributed by atoms with Crippen LogP contribution in [0, 0.1) is 5.82 Å². The maximum atomic E-state index is 14.3. The second-order valence-electron chi connectivity index (χ2n) is 8.89. The van der Waals surface area contributed by atoms with Gasteiger partial charge in [0.1, 0.15) is 17.1 Å². The maximum Gasteiger partial charge on any atom is 0.264 e. The molecular weight excluding hydrogens is 525 g/mol. The van der Waals surface area contributed by atoms with Gasteiger partial charge in [-0.25, -0.2) is 17.8 Å². The van der Waals surface area contributed by atoms with E-state index in [-0.39, 0.29) is 22.5 Å². The Morgan fingerprint density at radius 2 is 1.84 bits per heavy atom. The van der Waals surface area contributed by atoms with Gasteiger partial charge < -0.3 is 4.42 Å². The highest BCUT2D eigenvalue weighted by Crippen LogP contribution is 2.34. The number of furan rings is 1. The number of halogens is 1. The third-order valence-electron chi connectivity index (χ3n) is 6.49. The molecule has 38 heavy (non-hydrogen) atoms. The van der Waals surface area contributed by atoms with Gasteiger partial charge in [0.2, 0.25) is 0 Å². The molecule has 10 heteroatoms. The molecule has 7 nitrogen and oxygen atoms in total. The summed E-state index contributed by atoms with van der Waals surface area (Å²) in [6.07, 6.45) is 3.07. The quantitative estimate of drug-likeness (QED) is 0.260. The van der Waals surface area contributed by atoms with E-state index < -0.39 is 21.7 Å². The van der Waals surface area contributed by atoms with E-state index in [0.717, 1.165) is 18.4 Å². The summed E-state index contributed by atoms with van der Waals surface area (Å²) in [4.78, 5) is 19.6. The van der Waals surface area contributed by atoms with Crippen LogP contribution in [0.5, 0.6) is 0 Å². The molecule has 2 aromatic heterocycles. The smallest absolute Gasteiger partial charge is 0.264 e. The number of hydrogen-bond donors (Lipinski definition) is 0. The number of aromatic nitrogens is 1. The van der Waals surface area contributed by atoms with Gasteiger partial charge in [-0.05, 0) is 73.0 Å². The third kappa shape index (κ3) is 4.35. The molecule has 3 heterocycles. The molecule has 1 aliphatic heterocycles. The Morgan fingerprint density at radius 1 is 1.03 bits per heavy atom. The van der Waals surface area contributed by atoms with Crippen LogP contribution in [0.3, 0.4) is 0 Å². The van der Waals surface area contributed by atoms with Gasteiger partial charge in [0.25, 0.3) is 15.9 Å². The Labute approximate surface area is 222 Å². The van der Waals surface area contributed by atoms with E-state index >= 15 is 0 Å².